The number of nitrogens with one attached hydrogen (secondary N) is 1. The molecule has 0 fully saturated rings. The van der Waals surface area contributed by atoms with Crippen LogP contribution < -0.4 is 5.32 Å². The Balaban J connectivity index is 0.00000225. The van der Waals surface area contributed by atoms with Crippen LogP contribution in [-0.4, -0.2) is 52.5 Å². The minimum absolute atomic E-state index is 0. The molecule has 0 saturated carbocycles. The second-order valence-electron chi connectivity index (χ2n) is 6.60. The molecule has 0 radical (unpaired) electrons. The van der Waals surface area contributed by atoms with Crippen molar-refractivity contribution < 1.29 is 18.0 Å². The Bertz CT molecular complexity index is 974. The molecule has 1 N–H and O–H groups in total. The lowest BCUT2D eigenvalue weighted by molar-refractivity contribution is -0.137. The average Bonchev–Trinajstić information content (AvgIpc) is 2.99. The Morgan fingerprint density at radius 1 is 1.13 bits per heavy atom. The van der Waals surface area contributed by atoms with Crippen LogP contribution in [-0.2, 0) is 17.5 Å². The van der Waals surface area contributed by atoms with E-state index in [0.717, 1.165) is 12.1 Å². The number of halogens is 5. The van der Waals surface area contributed by atoms with Gasteiger partial charge in [0.2, 0.25) is 5.91 Å². The van der Waals surface area contributed by atoms with Crippen LogP contribution in [0.5, 0.6) is 0 Å². The molecule has 2 aromatic heterocycles. The highest BCUT2D eigenvalue weighted by Crippen LogP contribution is 2.31. The lowest BCUT2D eigenvalue weighted by atomic mass is 10.1. The summed E-state index contributed by atoms with van der Waals surface area (Å²) in [5.41, 5.74) is 0.809. The van der Waals surface area contributed by atoms with Crippen molar-refractivity contribution in [1.29, 1.82) is 0 Å². The van der Waals surface area contributed by atoms with Gasteiger partial charge in [0, 0.05) is 24.8 Å². The number of hydrogen-bond acceptors (Lipinski definition) is 4. The number of carbonyl (C=O) groups excluding carboxylic acids is 1. The predicted molar refractivity (Wildman–Crippen MR) is 114 cm³/mol. The number of aromatic nitrogens is 3. The Hall–Kier alpha value is -2.36. The van der Waals surface area contributed by atoms with E-state index in [1.54, 1.807) is 22.9 Å². The largest absolute Gasteiger partial charge is 0.416 e. The SMILES string of the molecule is CN(C)CCNC(=O)Cn1c(-c2ccc(C(F)(F)F)cc2)nc2cccnc21.Cl.Cl. The van der Waals surface area contributed by atoms with Crippen LogP contribution in [0.15, 0.2) is 42.6 Å². The lowest BCUT2D eigenvalue weighted by Crippen LogP contribution is -2.33. The van der Waals surface area contributed by atoms with Gasteiger partial charge in [0.1, 0.15) is 17.9 Å². The number of imidazole rings is 1. The standard InChI is InChI=1S/C19H20F3N5O.2ClH/c1-26(2)11-10-23-16(28)12-27-17(25-15-4-3-9-24-18(15)27)13-5-7-14(8-6-13)19(20,21)22;;/h3-9H,10-12H2,1-2H3,(H,23,28);2*1H. The first-order valence-corrected chi connectivity index (χ1v) is 8.66. The van der Waals surface area contributed by atoms with E-state index in [9.17, 15) is 18.0 Å². The summed E-state index contributed by atoms with van der Waals surface area (Å²) in [6, 6.07) is 8.17. The van der Waals surface area contributed by atoms with Crippen LogP contribution in [0.2, 0.25) is 0 Å². The zero-order chi connectivity index (χ0) is 20.3. The fourth-order valence-corrected chi connectivity index (χ4v) is 2.76. The summed E-state index contributed by atoms with van der Waals surface area (Å²) >= 11 is 0. The van der Waals surface area contributed by atoms with E-state index >= 15 is 0 Å². The number of alkyl halides is 3. The predicted octanol–water partition coefficient (Wildman–Crippen LogP) is 3.64. The molecule has 6 nitrogen and oxygen atoms in total. The van der Waals surface area contributed by atoms with Crippen molar-refractivity contribution in [2.75, 3.05) is 27.2 Å². The van der Waals surface area contributed by atoms with Crippen LogP contribution in [0.3, 0.4) is 0 Å². The molecule has 164 valence electrons. The third-order valence-corrected chi connectivity index (χ3v) is 4.16. The highest BCUT2D eigenvalue weighted by molar-refractivity contribution is 5.85. The fourth-order valence-electron chi connectivity index (χ4n) is 2.76. The Morgan fingerprint density at radius 2 is 1.80 bits per heavy atom. The molecule has 0 unspecified atom stereocenters. The van der Waals surface area contributed by atoms with E-state index in [0.29, 0.717) is 35.6 Å². The van der Waals surface area contributed by atoms with Crippen molar-refractivity contribution in [3.8, 4) is 11.4 Å². The van der Waals surface area contributed by atoms with Gasteiger partial charge in [0.05, 0.1) is 5.56 Å². The molecule has 3 aromatic rings. The number of rotatable bonds is 6. The number of fused-ring (bicyclic) bond motifs is 1. The normalized spacial score (nSPS) is 11.1. The van der Waals surface area contributed by atoms with Crippen molar-refractivity contribution >= 4 is 41.9 Å². The van der Waals surface area contributed by atoms with Crippen LogP contribution >= 0.6 is 24.8 Å². The molecule has 2 heterocycles. The summed E-state index contributed by atoms with van der Waals surface area (Å²) in [7, 11) is 3.81. The molecule has 0 aliphatic heterocycles. The van der Waals surface area contributed by atoms with Gasteiger partial charge in [0.15, 0.2) is 5.65 Å². The first-order valence-electron chi connectivity index (χ1n) is 8.66. The van der Waals surface area contributed by atoms with Gasteiger partial charge in [0.25, 0.3) is 0 Å². The lowest BCUT2D eigenvalue weighted by Gasteiger charge is -2.12. The van der Waals surface area contributed by atoms with Crippen LogP contribution in [0.1, 0.15) is 5.56 Å². The molecule has 11 heteroatoms. The third kappa shape index (κ3) is 6.07. The van der Waals surface area contributed by atoms with Gasteiger partial charge in [-0.2, -0.15) is 13.2 Å². The van der Waals surface area contributed by atoms with Crippen molar-refractivity contribution in [3.63, 3.8) is 0 Å². The van der Waals surface area contributed by atoms with Crippen molar-refractivity contribution in [2.45, 2.75) is 12.7 Å². The van der Waals surface area contributed by atoms with Crippen molar-refractivity contribution in [3.05, 3.63) is 48.2 Å². The molecular weight excluding hydrogens is 442 g/mol. The van der Waals surface area contributed by atoms with Gasteiger partial charge in [-0.15, -0.1) is 24.8 Å². The van der Waals surface area contributed by atoms with Crippen LogP contribution in [0.4, 0.5) is 13.2 Å². The monoisotopic (exact) mass is 463 g/mol. The van der Waals surface area contributed by atoms with Gasteiger partial charge in [-0.05, 0) is 38.4 Å². The van der Waals surface area contributed by atoms with Gasteiger partial charge in [-0.1, -0.05) is 12.1 Å². The minimum atomic E-state index is -4.41. The van der Waals surface area contributed by atoms with Gasteiger partial charge >= 0.3 is 6.18 Å². The summed E-state index contributed by atoms with van der Waals surface area (Å²) in [6.07, 6.45) is -2.83. The molecule has 0 aliphatic carbocycles. The number of amides is 1. The van der Waals surface area contributed by atoms with Gasteiger partial charge < -0.3 is 10.2 Å². The highest BCUT2D eigenvalue weighted by atomic mass is 35.5. The number of benzene rings is 1. The molecule has 1 amide bonds. The maximum atomic E-state index is 12.8. The van der Waals surface area contributed by atoms with E-state index in [-0.39, 0.29) is 37.3 Å². The van der Waals surface area contributed by atoms with Crippen LogP contribution in [0, 0.1) is 0 Å². The molecule has 0 saturated heterocycles. The molecule has 0 aliphatic rings. The van der Waals surface area contributed by atoms with Crippen molar-refractivity contribution in [2.24, 2.45) is 0 Å². The van der Waals surface area contributed by atoms with Gasteiger partial charge in [-0.25, -0.2) is 9.97 Å². The summed E-state index contributed by atoms with van der Waals surface area (Å²) in [4.78, 5) is 23.0. The Kier molecular flexibility index (Phi) is 9.08. The molecule has 0 bridgehead atoms. The molecule has 0 atom stereocenters. The van der Waals surface area contributed by atoms with E-state index in [4.69, 9.17) is 0 Å². The molecule has 3 rings (SSSR count). The van der Waals surface area contributed by atoms with E-state index in [2.05, 4.69) is 15.3 Å². The van der Waals surface area contributed by atoms with Crippen molar-refractivity contribution in [1.82, 2.24) is 24.8 Å². The topological polar surface area (TPSA) is 63.1 Å². The van der Waals surface area contributed by atoms with E-state index < -0.39 is 11.7 Å². The summed E-state index contributed by atoms with van der Waals surface area (Å²) in [5.74, 6) is 0.171. The average molecular weight is 464 g/mol. The second kappa shape index (κ2) is 10.6. The minimum Gasteiger partial charge on any atom is -0.353 e. The maximum absolute atomic E-state index is 12.8. The first kappa shape index (κ1) is 25.7. The number of pyridine rings is 1. The zero-order valence-electron chi connectivity index (χ0n) is 16.3. The van der Waals surface area contributed by atoms with E-state index in [1.165, 1.54) is 12.1 Å². The molecular formula is C19H22Cl2F3N5O. The molecule has 1 aromatic carbocycles. The number of hydrogen-bond donors (Lipinski definition) is 1. The Labute approximate surface area is 184 Å². The summed E-state index contributed by atoms with van der Waals surface area (Å²) in [6.45, 7) is 1.15. The third-order valence-electron chi connectivity index (χ3n) is 4.16. The van der Waals surface area contributed by atoms with Gasteiger partial charge in [-0.3, -0.25) is 9.36 Å². The van der Waals surface area contributed by atoms with E-state index in [1.807, 2.05) is 19.0 Å². The number of nitrogens with zero attached hydrogens (tertiary/aromatic N) is 4. The number of carbonyl (C=O) groups is 1. The quantitative estimate of drug-likeness (QED) is 0.605. The summed E-state index contributed by atoms with van der Waals surface area (Å²) in [5, 5.41) is 2.82. The fraction of sp³-hybridized carbons (Fsp3) is 0.316. The smallest absolute Gasteiger partial charge is 0.353 e. The maximum Gasteiger partial charge on any atom is 0.416 e. The second-order valence-corrected chi connectivity index (χ2v) is 6.60. The molecule has 30 heavy (non-hydrogen) atoms. The highest BCUT2D eigenvalue weighted by Gasteiger charge is 2.30. The van der Waals surface area contributed by atoms with Crippen LogP contribution in [0.25, 0.3) is 22.6 Å². The summed E-state index contributed by atoms with van der Waals surface area (Å²) < 4.78 is 40.1. The zero-order valence-corrected chi connectivity index (χ0v) is 17.9. The number of likely N-dealkylation sites (N-methyl/N-ethyl adjacent to an activating group) is 1. The Morgan fingerprint density at radius 3 is 2.40 bits per heavy atom. The molecule has 0 spiro atoms. The first-order chi connectivity index (χ1) is 13.3.